The number of halogens is 1. The molecule has 0 saturated carbocycles. The van der Waals surface area contributed by atoms with Gasteiger partial charge in [-0.05, 0) is 0 Å². The first-order valence-electron chi connectivity index (χ1n) is 10.6. The third-order valence-electron chi connectivity index (χ3n) is 5.37. The van der Waals surface area contributed by atoms with Crippen molar-refractivity contribution in [2.75, 3.05) is 5.32 Å². The molecule has 0 radical (unpaired) electrons. The molecule has 0 saturated heterocycles. The van der Waals surface area contributed by atoms with Crippen LogP contribution in [0.1, 0.15) is 27.2 Å². The van der Waals surface area contributed by atoms with Crippen LogP contribution in [0.15, 0.2) is 60.9 Å². The van der Waals surface area contributed by atoms with Gasteiger partial charge in [-0.15, -0.1) is 0 Å². The first-order valence-corrected chi connectivity index (χ1v) is 12.7. The molecule has 1 amide bonds. The van der Waals surface area contributed by atoms with Gasteiger partial charge >= 0.3 is 218 Å². The Bertz CT molecular complexity index is 1730. The Kier molecular flexibility index (Phi) is 6.33. The molecule has 0 aliphatic rings. The summed E-state index contributed by atoms with van der Waals surface area (Å²) < 4.78 is 1.21. The van der Waals surface area contributed by atoms with Crippen molar-refractivity contribution in [1.82, 2.24) is 19.9 Å². The summed E-state index contributed by atoms with van der Waals surface area (Å²) in [6.07, 6.45) is 8.85. The van der Waals surface area contributed by atoms with Crippen LogP contribution in [-0.4, -0.2) is 40.3 Å². The Labute approximate surface area is 217 Å². The summed E-state index contributed by atoms with van der Waals surface area (Å²) in [4.78, 5) is 31.2. The number of carbonyl (C=O) groups excluding carboxylic acids is 1. The van der Waals surface area contributed by atoms with Crippen LogP contribution in [-0.2, 0) is 0 Å². The van der Waals surface area contributed by atoms with Crippen LogP contribution in [0.4, 0.5) is 4.69 Å². The van der Waals surface area contributed by atoms with Crippen LogP contribution in [0.5, 0.6) is 0 Å². The van der Waals surface area contributed by atoms with E-state index in [1.54, 1.807) is 36.5 Å². The molecule has 0 spiro atoms. The number of anilines is 1. The molecule has 1 N–H and O–H groups in total. The van der Waals surface area contributed by atoms with Gasteiger partial charge in [0.05, 0.1) is 0 Å². The number of carbonyl (C=O) groups is 1. The number of amides is 1. The molecule has 0 atom stereocenters. The Hall–Kier alpha value is -4.33. The number of nitrogens with zero attached hydrogens (tertiary/aromatic N) is 5. The van der Waals surface area contributed by atoms with Gasteiger partial charge in [0.2, 0.25) is 0 Å². The molecule has 3 aromatic heterocycles. The molecule has 0 bridgehead atoms. The van der Waals surface area contributed by atoms with Gasteiger partial charge in [-0.1, -0.05) is 0 Å². The van der Waals surface area contributed by atoms with Gasteiger partial charge in [-0.3, -0.25) is 0 Å². The normalized spacial score (nSPS) is 10.6. The van der Waals surface area contributed by atoms with Crippen LogP contribution in [0.25, 0.3) is 32.4 Å². The van der Waals surface area contributed by atoms with E-state index in [1.165, 1.54) is 6.20 Å². The zero-order valence-corrected chi connectivity index (χ0v) is 21.3. The van der Waals surface area contributed by atoms with Gasteiger partial charge in [0.25, 0.3) is 0 Å². The summed E-state index contributed by atoms with van der Waals surface area (Å²) in [6, 6.07) is 16.2. The van der Waals surface area contributed by atoms with Gasteiger partial charge in [-0.2, -0.15) is 0 Å². The number of hydrogen-bond donors (Lipinski definition) is 1. The molecule has 0 fully saturated rings. The van der Waals surface area contributed by atoms with Crippen LogP contribution in [0.3, 0.4) is 0 Å². The number of aromatic nitrogens is 4. The topological polar surface area (TPSA) is 104 Å². The number of pyridine rings is 1. The zero-order chi connectivity index (χ0) is 25.2. The van der Waals surface area contributed by atoms with Crippen molar-refractivity contribution in [3.63, 3.8) is 0 Å². The second-order valence-corrected chi connectivity index (χ2v) is 10.2. The molecular weight excluding hydrogens is 539 g/mol. The van der Waals surface area contributed by atoms with E-state index in [9.17, 15) is 4.79 Å². The predicted octanol–water partition coefficient (Wildman–Crippen LogP) is 4.88. The summed E-state index contributed by atoms with van der Waals surface area (Å²) in [7, 11) is 0. The van der Waals surface area contributed by atoms with Gasteiger partial charge in [0.1, 0.15) is 0 Å². The van der Waals surface area contributed by atoms with E-state index in [-0.39, 0.29) is 20.4 Å². The van der Waals surface area contributed by atoms with Crippen molar-refractivity contribution < 1.29 is 4.79 Å². The Morgan fingerprint density at radius 3 is 2.61 bits per heavy atom. The predicted molar refractivity (Wildman–Crippen MR) is 140 cm³/mol. The number of benzene rings is 2. The minimum atomic E-state index is -0.360. The van der Waals surface area contributed by atoms with E-state index in [0.717, 1.165) is 11.3 Å². The number of nitrogens with one attached hydrogen (secondary N) is 1. The third-order valence-corrected chi connectivity index (χ3v) is 7.39. The maximum atomic E-state index is 13.3. The first kappa shape index (κ1) is 23.4. The van der Waals surface area contributed by atoms with E-state index < -0.39 is 0 Å². The van der Waals surface area contributed by atoms with Gasteiger partial charge in [0.15, 0.2) is 0 Å². The van der Waals surface area contributed by atoms with Crippen molar-refractivity contribution in [2.45, 2.75) is 6.92 Å². The molecule has 0 aliphatic carbocycles. The fourth-order valence-corrected chi connectivity index (χ4v) is 5.46. The van der Waals surface area contributed by atoms with E-state index in [2.05, 4.69) is 37.2 Å². The Morgan fingerprint density at radius 2 is 1.86 bits per heavy atom. The van der Waals surface area contributed by atoms with Crippen molar-refractivity contribution >= 4 is 46.7 Å². The third kappa shape index (κ3) is 4.62. The van der Waals surface area contributed by atoms with Crippen LogP contribution < -0.4 is 5.32 Å². The molecule has 9 heteroatoms. The monoisotopic (exact) mass is 554 g/mol. The molecule has 0 aliphatic heterocycles. The van der Waals surface area contributed by atoms with Crippen LogP contribution >= 0.6 is 11.6 Å². The van der Waals surface area contributed by atoms with Crippen molar-refractivity contribution in [3.8, 4) is 40.8 Å². The van der Waals surface area contributed by atoms with Gasteiger partial charge < -0.3 is 0 Å². The average molecular weight is 554 g/mol. The summed E-state index contributed by atoms with van der Waals surface area (Å²) >= 11 is 5.88. The fraction of sp³-hybridized carbons (Fsp3) is 0.0370. The summed E-state index contributed by atoms with van der Waals surface area (Å²) in [5.41, 5.74) is 5.61. The number of rotatable bonds is 4. The number of nitriles is 1. The van der Waals surface area contributed by atoms with Crippen molar-refractivity contribution in [2.24, 2.45) is 0 Å². The van der Waals surface area contributed by atoms with Crippen LogP contribution in [0.2, 0.25) is 5.02 Å². The first-order chi connectivity index (χ1) is 17.4. The molecular formula is C27H15ClN6OSe. The van der Waals surface area contributed by atoms with Gasteiger partial charge in [-0.25, -0.2) is 0 Å². The van der Waals surface area contributed by atoms with E-state index in [4.69, 9.17) is 23.3 Å². The standard InChI is InChI=1S/C27H15ClN6OSe/c1-3-17-8-9-19(28)11-20(17)21-10-15(2)30-13-22(21)25(35)34-27-33-24-26(36-27)32-23(14-31-24)18-6-4-16(12-29)5-7-18/h1,4-11,13-14H,2H3,(H,31,33,34,35). The molecule has 7 nitrogen and oxygen atoms in total. The molecule has 3 heterocycles. The summed E-state index contributed by atoms with van der Waals surface area (Å²) in [5.74, 6) is 2.29. The fourth-order valence-electron chi connectivity index (χ4n) is 3.62. The van der Waals surface area contributed by atoms with Crippen LogP contribution in [0, 0.1) is 30.6 Å². The van der Waals surface area contributed by atoms with E-state index in [1.807, 2.05) is 25.1 Å². The molecule has 2 aromatic carbocycles. The van der Waals surface area contributed by atoms with Crippen molar-refractivity contribution in [3.05, 3.63) is 88.3 Å². The van der Waals surface area contributed by atoms with Gasteiger partial charge in [0, 0.05) is 0 Å². The average Bonchev–Trinajstić information content (AvgIpc) is 3.30. The molecule has 172 valence electrons. The zero-order valence-electron chi connectivity index (χ0n) is 18.8. The number of terminal acetylenes is 1. The maximum absolute atomic E-state index is 13.3. The number of fused-ring (bicyclic) bond motifs is 1. The Balaban J connectivity index is 1.47. The van der Waals surface area contributed by atoms with E-state index >= 15 is 0 Å². The quantitative estimate of drug-likeness (QED) is 0.251. The van der Waals surface area contributed by atoms with Crippen molar-refractivity contribution in [1.29, 1.82) is 5.26 Å². The molecule has 5 aromatic rings. The second-order valence-electron chi connectivity index (χ2n) is 7.75. The molecule has 36 heavy (non-hydrogen) atoms. The molecule has 5 rings (SSSR count). The second kappa shape index (κ2) is 9.73. The Morgan fingerprint density at radius 1 is 1.06 bits per heavy atom. The SMILES string of the molecule is C#Cc1ccc(Cl)cc1-c1cc(C)ncc1C(=O)Nc1nc2ncc(-c3ccc(C#N)cc3)nc2[se]1. The van der Waals surface area contributed by atoms with E-state index in [0.29, 0.717) is 53.3 Å². The number of aryl methyl sites for hydroxylation is 1. The summed E-state index contributed by atoms with van der Waals surface area (Å²) in [5, 5.41) is 12.4. The minimum absolute atomic E-state index is 0.348. The number of hydrogen-bond acceptors (Lipinski definition) is 6. The summed E-state index contributed by atoms with van der Waals surface area (Å²) in [6.45, 7) is 1.84. The molecule has 0 unspecified atom stereocenters.